The van der Waals surface area contributed by atoms with E-state index in [-0.39, 0.29) is 6.03 Å². The summed E-state index contributed by atoms with van der Waals surface area (Å²) in [7, 11) is 1.57. The van der Waals surface area contributed by atoms with Gasteiger partial charge in [-0.15, -0.1) is 0 Å². The van der Waals surface area contributed by atoms with Gasteiger partial charge in [-0.25, -0.2) is 4.79 Å². The summed E-state index contributed by atoms with van der Waals surface area (Å²) in [4.78, 5) is 11.7. The van der Waals surface area contributed by atoms with Gasteiger partial charge in [-0.2, -0.15) is 0 Å². The van der Waals surface area contributed by atoms with Crippen LogP contribution >= 0.6 is 0 Å². The zero-order valence-electron chi connectivity index (χ0n) is 14.6. The molecule has 2 aromatic carbocycles. The highest BCUT2D eigenvalue weighted by Gasteiger charge is 2.13. The zero-order valence-corrected chi connectivity index (χ0v) is 14.6. The second kappa shape index (κ2) is 8.24. The second-order valence-electron chi connectivity index (χ2n) is 5.49. The Balaban J connectivity index is 2.24. The number of urea groups is 1. The van der Waals surface area contributed by atoms with Crippen molar-refractivity contribution in [3.8, 4) is 11.5 Å². The lowest BCUT2D eigenvalue weighted by molar-refractivity contribution is 0.253. The lowest BCUT2D eigenvalue weighted by Crippen LogP contribution is -2.25. The van der Waals surface area contributed by atoms with Crippen LogP contribution in [0.15, 0.2) is 36.4 Å². The molecule has 0 atom stereocenters. The fraction of sp³-hybridized carbons (Fsp3) is 0.316. The normalized spacial score (nSPS) is 10.2. The maximum Gasteiger partial charge on any atom is 0.319 e. The van der Waals surface area contributed by atoms with Crippen LogP contribution in [0.5, 0.6) is 11.5 Å². The third-order valence-electron chi connectivity index (χ3n) is 3.59. The summed E-state index contributed by atoms with van der Waals surface area (Å²) in [6.45, 7) is 6.83. The van der Waals surface area contributed by atoms with Crippen molar-refractivity contribution < 1.29 is 14.3 Å². The lowest BCUT2D eigenvalue weighted by Gasteiger charge is -2.17. The highest BCUT2D eigenvalue weighted by Crippen LogP contribution is 2.30. The van der Waals surface area contributed by atoms with E-state index in [1.54, 1.807) is 7.05 Å². The first-order valence-corrected chi connectivity index (χ1v) is 7.98. The largest absolute Gasteiger partial charge is 0.492 e. The maximum absolute atomic E-state index is 11.7. The Kier molecular flexibility index (Phi) is 6.07. The summed E-state index contributed by atoms with van der Waals surface area (Å²) in [6, 6.07) is 11.4. The van der Waals surface area contributed by atoms with Gasteiger partial charge in [0.05, 0.1) is 12.3 Å². The fourth-order valence-electron chi connectivity index (χ4n) is 2.41. The van der Waals surface area contributed by atoms with Gasteiger partial charge in [-0.1, -0.05) is 29.8 Å². The van der Waals surface area contributed by atoms with E-state index in [9.17, 15) is 4.79 Å². The van der Waals surface area contributed by atoms with Crippen LogP contribution in [0.1, 0.15) is 23.6 Å². The number of rotatable bonds is 6. The van der Waals surface area contributed by atoms with E-state index in [0.29, 0.717) is 24.7 Å². The second-order valence-corrected chi connectivity index (χ2v) is 5.49. The van der Waals surface area contributed by atoms with Crippen LogP contribution < -0.4 is 20.1 Å². The molecule has 0 aliphatic carbocycles. The number of amides is 2. The molecule has 5 nitrogen and oxygen atoms in total. The smallest absolute Gasteiger partial charge is 0.319 e. The van der Waals surface area contributed by atoms with E-state index in [0.717, 1.165) is 16.9 Å². The first-order valence-electron chi connectivity index (χ1n) is 7.98. The van der Waals surface area contributed by atoms with Crippen molar-refractivity contribution in [1.29, 1.82) is 0 Å². The number of hydrogen-bond donors (Lipinski definition) is 2. The summed E-state index contributed by atoms with van der Waals surface area (Å²) in [5.41, 5.74) is 3.75. The summed E-state index contributed by atoms with van der Waals surface area (Å²) < 4.78 is 11.6. The highest BCUT2D eigenvalue weighted by atomic mass is 16.5. The number of anilines is 1. The van der Waals surface area contributed by atoms with E-state index in [1.807, 2.05) is 51.1 Å². The number of aryl methyl sites for hydroxylation is 2. The lowest BCUT2D eigenvalue weighted by atomic mass is 10.1. The minimum absolute atomic E-state index is 0.296. The summed E-state index contributed by atoms with van der Waals surface area (Å²) in [6.07, 6.45) is 0. The Morgan fingerprint density at radius 2 is 1.88 bits per heavy atom. The fourth-order valence-corrected chi connectivity index (χ4v) is 2.41. The number of carbonyl (C=O) groups excluding carboxylic acids is 1. The molecule has 5 heteroatoms. The molecule has 0 radical (unpaired) electrons. The molecule has 0 unspecified atom stereocenters. The molecule has 128 valence electrons. The number of nitrogens with one attached hydrogen (secondary N) is 2. The summed E-state index contributed by atoms with van der Waals surface area (Å²) in [5, 5.41) is 5.37. The van der Waals surface area contributed by atoms with Gasteiger partial charge in [0.1, 0.15) is 18.1 Å². The molecule has 0 saturated heterocycles. The van der Waals surface area contributed by atoms with Crippen molar-refractivity contribution in [3.05, 3.63) is 53.1 Å². The zero-order chi connectivity index (χ0) is 17.5. The first kappa shape index (κ1) is 17.7. The van der Waals surface area contributed by atoms with E-state index >= 15 is 0 Å². The van der Waals surface area contributed by atoms with Gasteiger partial charge in [-0.3, -0.25) is 0 Å². The molecule has 0 heterocycles. The summed E-state index contributed by atoms with van der Waals surface area (Å²) in [5.74, 6) is 1.45. The Hall–Kier alpha value is -2.69. The maximum atomic E-state index is 11.7. The van der Waals surface area contributed by atoms with E-state index in [2.05, 4.69) is 16.7 Å². The molecule has 24 heavy (non-hydrogen) atoms. The molecule has 2 aromatic rings. The molecule has 0 fully saturated rings. The van der Waals surface area contributed by atoms with Gasteiger partial charge < -0.3 is 20.1 Å². The number of para-hydroxylation sites is 1. The molecule has 0 saturated carbocycles. The predicted octanol–water partition coefficient (Wildman–Crippen LogP) is 4.03. The number of hydrogen-bond acceptors (Lipinski definition) is 3. The van der Waals surface area contributed by atoms with Gasteiger partial charge in [0.25, 0.3) is 0 Å². The molecule has 0 aromatic heterocycles. The van der Waals surface area contributed by atoms with Gasteiger partial charge >= 0.3 is 6.03 Å². The molecular formula is C19H24N2O3. The van der Waals surface area contributed by atoms with Gasteiger partial charge in [-0.05, 0) is 38.5 Å². The molecule has 0 aliphatic heterocycles. The van der Waals surface area contributed by atoms with Crippen LogP contribution in [-0.2, 0) is 6.61 Å². The third kappa shape index (κ3) is 4.41. The molecule has 2 amide bonds. The van der Waals surface area contributed by atoms with Crippen LogP contribution in [-0.4, -0.2) is 19.7 Å². The Labute approximate surface area is 143 Å². The van der Waals surface area contributed by atoms with Crippen LogP contribution in [0, 0.1) is 13.8 Å². The standard InChI is InChI=1S/C19H24N2O3/c1-5-23-17-8-6-7-15(18(17)21-19(22)20-4)12-24-16-10-9-13(2)11-14(16)3/h6-11H,5,12H2,1-4H3,(H2,20,21,22). The minimum atomic E-state index is -0.296. The van der Waals surface area contributed by atoms with Crippen LogP contribution in [0.25, 0.3) is 0 Å². The molecule has 0 spiro atoms. The van der Waals surface area contributed by atoms with Gasteiger partial charge in [0, 0.05) is 12.6 Å². The van der Waals surface area contributed by atoms with Crippen molar-refractivity contribution in [2.75, 3.05) is 19.0 Å². The monoisotopic (exact) mass is 328 g/mol. The Morgan fingerprint density at radius 1 is 1.08 bits per heavy atom. The van der Waals surface area contributed by atoms with Crippen molar-refractivity contribution in [2.24, 2.45) is 0 Å². The Morgan fingerprint density at radius 3 is 2.54 bits per heavy atom. The van der Waals surface area contributed by atoms with E-state index in [4.69, 9.17) is 9.47 Å². The van der Waals surface area contributed by atoms with E-state index in [1.165, 1.54) is 5.56 Å². The Bertz CT molecular complexity index is 714. The van der Waals surface area contributed by atoms with Crippen LogP contribution in [0.4, 0.5) is 10.5 Å². The topological polar surface area (TPSA) is 59.6 Å². The number of carbonyl (C=O) groups is 1. The third-order valence-corrected chi connectivity index (χ3v) is 3.59. The summed E-state index contributed by atoms with van der Waals surface area (Å²) >= 11 is 0. The number of benzene rings is 2. The first-order chi connectivity index (χ1) is 11.5. The van der Waals surface area contributed by atoms with Crippen molar-refractivity contribution in [3.63, 3.8) is 0 Å². The average molecular weight is 328 g/mol. The number of ether oxygens (including phenoxy) is 2. The van der Waals surface area contributed by atoms with Crippen LogP contribution in [0.3, 0.4) is 0 Å². The SMILES string of the molecule is CCOc1cccc(COc2ccc(C)cc2C)c1NC(=O)NC. The van der Waals surface area contributed by atoms with Crippen molar-refractivity contribution in [2.45, 2.75) is 27.4 Å². The van der Waals surface area contributed by atoms with Crippen molar-refractivity contribution in [1.82, 2.24) is 5.32 Å². The average Bonchev–Trinajstić information content (AvgIpc) is 2.56. The molecule has 0 aliphatic rings. The van der Waals surface area contributed by atoms with Crippen LogP contribution in [0.2, 0.25) is 0 Å². The predicted molar refractivity (Wildman–Crippen MR) is 95.9 cm³/mol. The molecule has 2 N–H and O–H groups in total. The quantitative estimate of drug-likeness (QED) is 0.841. The molecular weight excluding hydrogens is 304 g/mol. The van der Waals surface area contributed by atoms with Gasteiger partial charge in [0.15, 0.2) is 0 Å². The highest BCUT2D eigenvalue weighted by molar-refractivity contribution is 5.91. The molecule has 0 bridgehead atoms. The van der Waals surface area contributed by atoms with Crippen molar-refractivity contribution >= 4 is 11.7 Å². The molecule has 2 rings (SSSR count). The van der Waals surface area contributed by atoms with E-state index < -0.39 is 0 Å². The minimum Gasteiger partial charge on any atom is -0.492 e. The van der Waals surface area contributed by atoms with Gasteiger partial charge in [0.2, 0.25) is 0 Å².